The molecule has 1 fully saturated rings. The van der Waals surface area contributed by atoms with E-state index < -0.39 is 6.10 Å². The van der Waals surface area contributed by atoms with Crippen LogP contribution in [0, 0.1) is 0 Å². The van der Waals surface area contributed by atoms with Gasteiger partial charge >= 0.3 is 0 Å². The highest BCUT2D eigenvalue weighted by molar-refractivity contribution is 5.89. The minimum absolute atomic E-state index is 0.109. The molecule has 0 aliphatic carbocycles. The van der Waals surface area contributed by atoms with Crippen molar-refractivity contribution >= 4 is 5.91 Å². The lowest BCUT2D eigenvalue weighted by Gasteiger charge is -2.36. The second-order valence-corrected chi connectivity index (χ2v) is 3.75. The number of amides is 1. The summed E-state index contributed by atoms with van der Waals surface area (Å²) in [5.74, 6) is 1.32. The van der Waals surface area contributed by atoms with E-state index in [0.29, 0.717) is 5.75 Å². The van der Waals surface area contributed by atoms with Gasteiger partial charge in [0, 0.05) is 12.7 Å². The maximum atomic E-state index is 11.3. The van der Waals surface area contributed by atoms with Gasteiger partial charge in [0.2, 0.25) is 0 Å². The summed E-state index contributed by atoms with van der Waals surface area (Å²) in [7, 11) is 4.70. The average Bonchev–Trinajstić information content (AvgIpc) is 2.35. The number of hydrogen-bond donors (Lipinski definition) is 1. The Balaban J connectivity index is 2.33. The Kier molecular flexibility index (Phi) is 3.19. The fourth-order valence-corrected chi connectivity index (χ4v) is 1.93. The average molecular weight is 237 g/mol. The quantitative estimate of drug-likeness (QED) is 0.790. The molecule has 0 aromatic heterocycles. The highest BCUT2D eigenvalue weighted by Crippen LogP contribution is 2.35. The first-order valence-electron chi connectivity index (χ1n) is 5.26. The predicted molar refractivity (Wildman–Crippen MR) is 61.2 cm³/mol. The van der Waals surface area contributed by atoms with Crippen molar-refractivity contribution in [3.05, 3.63) is 23.8 Å². The normalized spacial score (nSPS) is 22.6. The molecule has 0 spiro atoms. The van der Waals surface area contributed by atoms with Gasteiger partial charge in [-0.1, -0.05) is 0 Å². The first-order valence-corrected chi connectivity index (χ1v) is 5.26. The van der Waals surface area contributed by atoms with Crippen molar-refractivity contribution < 1.29 is 19.0 Å². The van der Waals surface area contributed by atoms with E-state index in [1.165, 1.54) is 7.11 Å². The second-order valence-electron chi connectivity index (χ2n) is 3.75. The number of carbonyl (C=O) groups excluding carboxylic acids is 1. The Morgan fingerprint density at radius 3 is 2.47 bits per heavy atom. The van der Waals surface area contributed by atoms with E-state index in [0.717, 1.165) is 11.3 Å². The van der Waals surface area contributed by atoms with Crippen LogP contribution in [0.1, 0.15) is 11.6 Å². The molecule has 1 aromatic rings. The SMILES string of the molecule is COc1ccc(OC)c([C@H]2NC(=O)[C@H]2OC)c1. The summed E-state index contributed by atoms with van der Waals surface area (Å²) in [5, 5.41) is 2.79. The first-order chi connectivity index (χ1) is 8.21. The number of carbonyl (C=O) groups is 1. The van der Waals surface area contributed by atoms with E-state index in [9.17, 15) is 4.79 Å². The lowest BCUT2D eigenvalue weighted by molar-refractivity contribution is -0.145. The van der Waals surface area contributed by atoms with Crippen LogP contribution < -0.4 is 14.8 Å². The summed E-state index contributed by atoms with van der Waals surface area (Å²) in [6.45, 7) is 0. The molecule has 1 N–H and O–H groups in total. The molecule has 2 rings (SSSR count). The van der Waals surface area contributed by atoms with Crippen LogP contribution in [0.5, 0.6) is 11.5 Å². The third-order valence-corrected chi connectivity index (χ3v) is 2.88. The van der Waals surface area contributed by atoms with Crippen LogP contribution in [0.3, 0.4) is 0 Å². The van der Waals surface area contributed by atoms with E-state index in [-0.39, 0.29) is 11.9 Å². The molecule has 5 heteroatoms. The van der Waals surface area contributed by atoms with Crippen LogP contribution in [0.15, 0.2) is 18.2 Å². The largest absolute Gasteiger partial charge is 0.497 e. The summed E-state index contributed by atoms with van der Waals surface area (Å²) in [6, 6.07) is 5.28. The van der Waals surface area contributed by atoms with E-state index >= 15 is 0 Å². The van der Waals surface area contributed by atoms with Gasteiger partial charge in [0.15, 0.2) is 6.10 Å². The van der Waals surface area contributed by atoms with E-state index in [2.05, 4.69) is 5.32 Å². The molecule has 92 valence electrons. The van der Waals surface area contributed by atoms with Crippen molar-refractivity contribution in [1.29, 1.82) is 0 Å². The summed E-state index contributed by atoms with van der Waals surface area (Å²) in [5.41, 5.74) is 0.860. The molecule has 1 amide bonds. The van der Waals surface area contributed by atoms with E-state index in [4.69, 9.17) is 14.2 Å². The van der Waals surface area contributed by atoms with Gasteiger partial charge in [-0.05, 0) is 18.2 Å². The second kappa shape index (κ2) is 4.63. The first kappa shape index (κ1) is 11.7. The van der Waals surface area contributed by atoms with Crippen molar-refractivity contribution in [1.82, 2.24) is 5.32 Å². The zero-order valence-corrected chi connectivity index (χ0v) is 10.0. The third-order valence-electron chi connectivity index (χ3n) is 2.88. The third kappa shape index (κ3) is 1.93. The molecule has 1 aliphatic heterocycles. The fraction of sp³-hybridized carbons (Fsp3) is 0.417. The molecule has 5 nitrogen and oxygen atoms in total. The topological polar surface area (TPSA) is 56.8 Å². The van der Waals surface area contributed by atoms with Crippen molar-refractivity contribution in [2.75, 3.05) is 21.3 Å². The van der Waals surface area contributed by atoms with Crippen molar-refractivity contribution in [3.63, 3.8) is 0 Å². The molecule has 1 aromatic carbocycles. The molecule has 1 heterocycles. The Labute approximate surface area is 99.7 Å². The number of nitrogens with one attached hydrogen (secondary N) is 1. The van der Waals surface area contributed by atoms with Gasteiger partial charge in [0.25, 0.3) is 5.91 Å². The molecular weight excluding hydrogens is 222 g/mol. The summed E-state index contributed by atoms with van der Waals surface area (Å²) >= 11 is 0. The molecule has 0 saturated carbocycles. The molecule has 17 heavy (non-hydrogen) atoms. The van der Waals surface area contributed by atoms with Gasteiger partial charge in [-0.25, -0.2) is 0 Å². The lowest BCUT2D eigenvalue weighted by Crippen LogP contribution is -2.56. The zero-order chi connectivity index (χ0) is 12.4. The molecule has 0 bridgehead atoms. The number of benzene rings is 1. The van der Waals surface area contributed by atoms with Gasteiger partial charge in [-0.3, -0.25) is 4.79 Å². The fourth-order valence-electron chi connectivity index (χ4n) is 1.93. The Hall–Kier alpha value is -1.75. The van der Waals surface area contributed by atoms with Crippen LogP contribution >= 0.6 is 0 Å². The molecule has 0 radical (unpaired) electrons. The minimum Gasteiger partial charge on any atom is -0.497 e. The Morgan fingerprint density at radius 1 is 1.18 bits per heavy atom. The molecule has 1 saturated heterocycles. The summed E-state index contributed by atoms with van der Waals surface area (Å²) in [6.07, 6.45) is -0.462. The number of ether oxygens (including phenoxy) is 3. The Bertz CT molecular complexity index is 433. The van der Waals surface area contributed by atoms with Crippen molar-refractivity contribution in [3.8, 4) is 11.5 Å². The van der Waals surface area contributed by atoms with Gasteiger partial charge in [0.1, 0.15) is 11.5 Å². The highest BCUT2D eigenvalue weighted by atomic mass is 16.5. The number of methoxy groups -OCH3 is 3. The van der Waals surface area contributed by atoms with Crippen LogP contribution in [0.4, 0.5) is 0 Å². The van der Waals surface area contributed by atoms with Gasteiger partial charge < -0.3 is 19.5 Å². The molecule has 0 unspecified atom stereocenters. The van der Waals surface area contributed by atoms with Gasteiger partial charge in [0.05, 0.1) is 20.3 Å². The molecule has 1 aliphatic rings. The van der Waals surface area contributed by atoms with E-state index in [1.807, 2.05) is 18.2 Å². The number of β-lactam (4-membered cyclic amide) rings is 1. The van der Waals surface area contributed by atoms with Crippen LogP contribution in [0.25, 0.3) is 0 Å². The smallest absolute Gasteiger partial charge is 0.252 e. The number of rotatable bonds is 4. The predicted octanol–water partition coefficient (Wildman–Crippen LogP) is 0.890. The van der Waals surface area contributed by atoms with Crippen LogP contribution in [0.2, 0.25) is 0 Å². The monoisotopic (exact) mass is 237 g/mol. The zero-order valence-electron chi connectivity index (χ0n) is 10.0. The maximum absolute atomic E-state index is 11.3. The molecule has 2 atom stereocenters. The lowest BCUT2D eigenvalue weighted by atomic mass is 9.93. The summed E-state index contributed by atoms with van der Waals surface area (Å²) in [4.78, 5) is 11.3. The van der Waals surface area contributed by atoms with Gasteiger partial charge in [-0.15, -0.1) is 0 Å². The minimum atomic E-state index is -0.462. The van der Waals surface area contributed by atoms with Crippen molar-refractivity contribution in [2.45, 2.75) is 12.1 Å². The van der Waals surface area contributed by atoms with Crippen LogP contribution in [-0.4, -0.2) is 33.3 Å². The van der Waals surface area contributed by atoms with Crippen LogP contribution in [-0.2, 0) is 9.53 Å². The number of hydrogen-bond acceptors (Lipinski definition) is 4. The maximum Gasteiger partial charge on any atom is 0.252 e. The van der Waals surface area contributed by atoms with Crippen molar-refractivity contribution in [2.24, 2.45) is 0 Å². The standard InChI is InChI=1S/C12H15NO4/c1-15-7-4-5-9(16-2)8(6-7)10-11(17-3)12(14)13-10/h4-6,10-11H,1-3H3,(H,13,14)/t10-,11+/m1/s1. The molecular formula is C12H15NO4. The summed E-state index contributed by atoms with van der Waals surface area (Å²) < 4.78 is 15.6. The van der Waals surface area contributed by atoms with E-state index in [1.54, 1.807) is 14.2 Å². The van der Waals surface area contributed by atoms with Gasteiger partial charge in [-0.2, -0.15) is 0 Å². The Morgan fingerprint density at radius 2 is 1.94 bits per heavy atom. The highest BCUT2D eigenvalue weighted by Gasteiger charge is 2.42.